The summed E-state index contributed by atoms with van der Waals surface area (Å²) in [4.78, 5) is 26.6. The number of halogens is 2. The number of hydrogen-bond acceptors (Lipinski definition) is 6. The number of amides is 1. The van der Waals surface area contributed by atoms with Crippen LogP contribution in [0.25, 0.3) is 11.3 Å². The maximum Gasteiger partial charge on any atom is 0.257 e. The summed E-state index contributed by atoms with van der Waals surface area (Å²) in [6, 6.07) is 13.2. The lowest BCUT2D eigenvalue weighted by atomic mass is 10.1. The Morgan fingerprint density at radius 1 is 1.03 bits per heavy atom. The first-order valence-corrected chi connectivity index (χ1v) is 13.6. The number of hydrogen-bond donors (Lipinski definition) is 1. The number of benzene rings is 2. The van der Waals surface area contributed by atoms with Crippen molar-refractivity contribution in [3.63, 3.8) is 0 Å². The van der Waals surface area contributed by atoms with Crippen molar-refractivity contribution >= 4 is 34.9 Å². The third-order valence-corrected chi connectivity index (χ3v) is 7.86. The lowest BCUT2D eigenvalue weighted by molar-refractivity contribution is 0.0709. The van der Waals surface area contributed by atoms with E-state index in [0.29, 0.717) is 40.4 Å². The Balaban J connectivity index is 1.24. The molecule has 1 atom stereocenters. The molecule has 1 amide bonds. The SMILES string of the molecule is Nc1ncc(-c2ccc(C(=O)N3CCCC3CN3CCCC3)cc2)nc1OCCc1c(Cl)cccc1Cl. The van der Waals surface area contributed by atoms with Gasteiger partial charge in [0.25, 0.3) is 11.8 Å². The van der Waals surface area contributed by atoms with Crippen LogP contribution in [0, 0.1) is 0 Å². The molecular weight excluding hydrogens is 509 g/mol. The van der Waals surface area contributed by atoms with Crippen molar-refractivity contribution in [3.8, 4) is 17.1 Å². The van der Waals surface area contributed by atoms with Crippen LogP contribution in [-0.2, 0) is 6.42 Å². The van der Waals surface area contributed by atoms with E-state index in [4.69, 9.17) is 33.7 Å². The largest absolute Gasteiger partial charge is 0.475 e. The third-order valence-electron chi connectivity index (χ3n) is 7.15. The van der Waals surface area contributed by atoms with Gasteiger partial charge in [-0.25, -0.2) is 9.97 Å². The average Bonchev–Trinajstić information content (AvgIpc) is 3.59. The van der Waals surface area contributed by atoms with Crippen molar-refractivity contribution in [2.75, 3.05) is 38.5 Å². The number of anilines is 1. The second-order valence-electron chi connectivity index (χ2n) is 9.62. The molecule has 2 fully saturated rings. The number of carbonyl (C=O) groups is 1. The van der Waals surface area contributed by atoms with Crippen LogP contribution in [0.15, 0.2) is 48.7 Å². The van der Waals surface area contributed by atoms with Gasteiger partial charge in [0.15, 0.2) is 5.82 Å². The Hall–Kier alpha value is -2.87. The molecule has 7 nitrogen and oxygen atoms in total. The fourth-order valence-electron chi connectivity index (χ4n) is 5.15. The number of carbonyl (C=O) groups excluding carboxylic acids is 1. The molecule has 2 aromatic carbocycles. The summed E-state index contributed by atoms with van der Waals surface area (Å²) in [7, 11) is 0. The van der Waals surface area contributed by atoms with Gasteiger partial charge in [-0.15, -0.1) is 0 Å². The maximum atomic E-state index is 13.3. The van der Waals surface area contributed by atoms with Gasteiger partial charge in [-0.05, 0) is 68.6 Å². The molecule has 0 spiro atoms. The van der Waals surface area contributed by atoms with E-state index >= 15 is 0 Å². The zero-order valence-corrected chi connectivity index (χ0v) is 22.2. The highest BCUT2D eigenvalue weighted by atomic mass is 35.5. The lowest BCUT2D eigenvalue weighted by Gasteiger charge is -2.28. The van der Waals surface area contributed by atoms with E-state index in [2.05, 4.69) is 14.9 Å². The second-order valence-corrected chi connectivity index (χ2v) is 10.4. The van der Waals surface area contributed by atoms with Gasteiger partial charge in [-0.3, -0.25) is 4.79 Å². The normalized spacial score (nSPS) is 17.9. The molecule has 9 heteroatoms. The Morgan fingerprint density at radius 3 is 2.49 bits per heavy atom. The Morgan fingerprint density at radius 2 is 1.76 bits per heavy atom. The summed E-state index contributed by atoms with van der Waals surface area (Å²) in [5, 5.41) is 1.18. The molecule has 5 rings (SSSR count). The smallest absolute Gasteiger partial charge is 0.257 e. The van der Waals surface area contributed by atoms with Gasteiger partial charge >= 0.3 is 0 Å². The zero-order chi connectivity index (χ0) is 25.8. The molecule has 0 saturated carbocycles. The topological polar surface area (TPSA) is 84.6 Å². The Labute approximate surface area is 227 Å². The van der Waals surface area contributed by atoms with E-state index in [-0.39, 0.29) is 17.6 Å². The van der Waals surface area contributed by atoms with Crippen LogP contribution in [0.4, 0.5) is 5.82 Å². The summed E-state index contributed by atoms with van der Waals surface area (Å²) >= 11 is 12.5. The minimum atomic E-state index is 0.0962. The highest BCUT2D eigenvalue weighted by Crippen LogP contribution is 2.27. The summed E-state index contributed by atoms with van der Waals surface area (Å²) in [5.74, 6) is 0.556. The third kappa shape index (κ3) is 6.00. The number of nitrogen functional groups attached to an aromatic ring is 1. The van der Waals surface area contributed by atoms with E-state index in [1.54, 1.807) is 24.4 Å². The van der Waals surface area contributed by atoms with Gasteiger partial charge in [0.05, 0.1) is 18.5 Å². The van der Waals surface area contributed by atoms with Crippen molar-refractivity contribution in [1.82, 2.24) is 19.8 Å². The molecule has 0 aliphatic carbocycles. The van der Waals surface area contributed by atoms with Crippen LogP contribution in [0.5, 0.6) is 5.88 Å². The minimum absolute atomic E-state index is 0.0962. The monoisotopic (exact) mass is 539 g/mol. The molecule has 37 heavy (non-hydrogen) atoms. The number of rotatable bonds is 8. The van der Waals surface area contributed by atoms with Crippen molar-refractivity contribution in [3.05, 3.63) is 69.8 Å². The minimum Gasteiger partial charge on any atom is -0.475 e. The molecule has 1 aromatic heterocycles. The Kier molecular flexibility index (Phi) is 8.13. The van der Waals surface area contributed by atoms with Crippen LogP contribution in [-0.4, -0.2) is 64.5 Å². The van der Waals surface area contributed by atoms with Gasteiger partial charge in [-0.2, -0.15) is 0 Å². The standard InChI is InChI=1S/C28H31Cl2N5O2/c29-23-6-3-7-24(30)22(23)12-16-37-27-26(31)32-17-25(33-27)19-8-10-20(11-9-19)28(36)35-15-4-5-21(35)18-34-13-1-2-14-34/h3,6-11,17,21H,1-2,4-5,12-16,18H2,(H2,31,32). The van der Waals surface area contributed by atoms with Crippen LogP contribution >= 0.6 is 23.2 Å². The number of aromatic nitrogens is 2. The molecular formula is C28H31Cl2N5O2. The van der Waals surface area contributed by atoms with Gasteiger partial charge in [0.1, 0.15) is 0 Å². The molecule has 2 aliphatic rings. The van der Waals surface area contributed by atoms with Crippen molar-refractivity contribution in [2.24, 2.45) is 0 Å². The number of ether oxygens (including phenoxy) is 1. The molecule has 2 saturated heterocycles. The number of likely N-dealkylation sites (tertiary alicyclic amines) is 2. The predicted molar refractivity (Wildman–Crippen MR) is 147 cm³/mol. The molecule has 3 heterocycles. The summed E-state index contributed by atoms with van der Waals surface area (Å²) in [5.41, 5.74) is 8.96. The lowest BCUT2D eigenvalue weighted by Crippen LogP contribution is -2.42. The first kappa shape index (κ1) is 25.8. The van der Waals surface area contributed by atoms with Crippen LogP contribution in [0.1, 0.15) is 41.6 Å². The molecule has 194 valence electrons. The first-order valence-electron chi connectivity index (χ1n) is 12.8. The predicted octanol–water partition coefficient (Wildman–Crippen LogP) is 5.35. The van der Waals surface area contributed by atoms with Gasteiger partial charge in [0, 0.05) is 46.7 Å². The Bertz CT molecular complexity index is 1230. The van der Waals surface area contributed by atoms with E-state index in [1.807, 2.05) is 29.2 Å². The highest BCUT2D eigenvalue weighted by molar-refractivity contribution is 6.36. The van der Waals surface area contributed by atoms with E-state index in [9.17, 15) is 4.79 Å². The maximum absolute atomic E-state index is 13.3. The van der Waals surface area contributed by atoms with Crippen molar-refractivity contribution in [1.29, 1.82) is 0 Å². The fraction of sp³-hybridized carbons (Fsp3) is 0.393. The highest BCUT2D eigenvalue weighted by Gasteiger charge is 2.31. The van der Waals surface area contributed by atoms with Crippen molar-refractivity contribution in [2.45, 2.75) is 38.1 Å². The average molecular weight is 540 g/mol. The summed E-state index contributed by atoms with van der Waals surface area (Å²) < 4.78 is 5.83. The van der Waals surface area contributed by atoms with Gasteiger partial charge in [0.2, 0.25) is 0 Å². The molecule has 2 aliphatic heterocycles. The molecule has 0 radical (unpaired) electrons. The molecule has 3 aromatic rings. The number of nitrogens with two attached hydrogens (primary N) is 1. The molecule has 1 unspecified atom stereocenters. The van der Waals surface area contributed by atoms with Gasteiger partial charge < -0.3 is 20.3 Å². The second kappa shape index (κ2) is 11.7. The van der Waals surface area contributed by atoms with E-state index in [1.165, 1.54) is 12.8 Å². The van der Waals surface area contributed by atoms with Crippen LogP contribution < -0.4 is 10.5 Å². The molecule has 0 bridgehead atoms. The van der Waals surface area contributed by atoms with E-state index in [0.717, 1.165) is 50.1 Å². The van der Waals surface area contributed by atoms with Crippen LogP contribution in [0.3, 0.4) is 0 Å². The van der Waals surface area contributed by atoms with Crippen molar-refractivity contribution < 1.29 is 9.53 Å². The zero-order valence-electron chi connectivity index (χ0n) is 20.7. The molecule has 2 N–H and O–H groups in total. The summed E-state index contributed by atoms with van der Waals surface area (Å²) in [6.45, 7) is 4.40. The summed E-state index contributed by atoms with van der Waals surface area (Å²) in [6.07, 6.45) is 6.78. The van der Waals surface area contributed by atoms with Crippen LogP contribution in [0.2, 0.25) is 10.0 Å². The quantitative estimate of drug-likeness (QED) is 0.415. The van der Waals surface area contributed by atoms with Gasteiger partial charge in [-0.1, -0.05) is 41.4 Å². The number of nitrogens with zero attached hydrogens (tertiary/aromatic N) is 4. The fourth-order valence-corrected chi connectivity index (χ4v) is 5.74. The van der Waals surface area contributed by atoms with E-state index < -0.39 is 0 Å². The first-order chi connectivity index (χ1) is 18.0.